The fourth-order valence-corrected chi connectivity index (χ4v) is 2.83. The normalized spacial score (nSPS) is 11.4. The lowest BCUT2D eigenvalue weighted by Gasteiger charge is -2.08. The van der Waals surface area contributed by atoms with Crippen molar-refractivity contribution in [3.05, 3.63) is 64.7 Å². The Morgan fingerprint density at radius 1 is 1.08 bits per heavy atom. The number of nitrogens with zero attached hydrogens (tertiary/aromatic N) is 2. The molecule has 0 bridgehead atoms. The van der Waals surface area contributed by atoms with Crippen molar-refractivity contribution in [2.24, 2.45) is 0 Å². The van der Waals surface area contributed by atoms with Gasteiger partial charge in [-0.05, 0) is 24.3 Å². The zero-order chi connectivity index (χ0) is 17.3. The summed E-state index contributed by atoms with van der Waals surface area (Å²) in [6, 6.07) is 14.0. The van der Waals surface area contributed by atoms with Gasteiger partial charge < -0.3 is 4.74 Å². The van der Waals surface area contributed by atoms with Crippen molar-refractivity contribution in [1.29, 1.82) is 0 Å². The van der Waals surface area contributed by atoms with Gasteiger partial charge in [0.25, 0.3) is 5.88 Å². The van der Waals surface area contributed by atoms with Crippen molar-refractivity contribution in [1.82, 2.24) is 4.98 Å². The van der Waals surface area contributed by atoms with Crippen LogP contribution >= 0.6 is 0 Å². The Labute approximate surface area is 137 Å². The van der Waals surface area contributed by atoms with Crippen LogP contribution in [0.3, 0.4) is 0 Å². The third-order valence-electron chi connectivity index (χ3n) is 3.31. The summed E-state index contributed by atoms with van der Waals surface area (Å²) < 4.78 is 28.7. The van der Waals surface area contributed by atoms with Gasteiger partial charge in [-0.15, -0.1) is 0 Å². The van der Waals surface area contributed by atoms with Gasteiger partial charge in [-0.25, -0.2) is 13.4 Å². The molecule has 0 aliphatic heterocycles. The largest absolute Gasteiger partial charge is 0.434 e. The van der Waals surface area contributed by atoms with E-state index in [4.69, 9.17) is 4.74 Å². The first-order valence-electron chi connectivity index (χ1n) is 6.87. The maximum atomic E-state index is 11.6. The first kappa shape index (κ1) is 15.9. The summed E-state index contributed by atoms with van der Waals surface area (Å²) in [5, 5.41) is 11.9. The Hall–Kier alpha value is -3.00. The number of ether oxygens (including phenoxy) is 1. The summed E-state index contributed by atoms with van der Waals surface area (Å²) in [4.78, 5) is 14.9. The van der Waals surface area contributed by atoms with E-state index in [0.717, 1.165) is 6.26 Å². The average Bonchev–Trinajstić information content (AvgIpc) is 2.53. The standard InChI is InChI=1S/C16H12N2O5S/c1-24(21,22)13-7-4-6-12(10-13)23-16-15(18(19)20)9-11-5-2-3-8-14(11)17-16/h2-10H,1H3. The Morgan fingerprint density at radius 3 is 2.54 bits per heavy atom. The van der Waals surface area contributed by atoms with Crippen LogP contribution in [0.25, 0.3) is 10.9 Å². The number of hydrogen-bond donors (Lipinski definition) is 0. The Kier molecular flexibility index (Phi) is 3.90. The fraction of sp³-hybridized carbons (Fsp3) is 0.0625. The molecule has 3 aromatic rings. The monoisotopic (exact) mass is 344 g/mol. The highest BCUT2D eigenvalue weighted by molar-refractivity contribution is 7.90. The third-order valence-corrected chi connectivity index (χ3v) is 4.43. The summed E-state index contributed by atoms with van der Waals surface area (Å²) in [6.45, 7) is 0. The maximum absolute atomic E-state index is 11.6. The second-order valence-electron chi connectivity index (χ2n) is 5.11. The Balaban J connectivity index is 2.09. The predicted molar refractivity (Wildman–Crippen MR) is 88.0 cm³/mol. The van der Waals surface area contributed by atoms with E-state index in [1.165, 1.54) is 30.3 Å². The molecule has 0 spiro atoms. The molecule has 8 heteroatoms. The molecule has 0 N–H and O–H groups in total. The average molecular weight is 344 g/mol. The lowest BCUT2D eigenvalue weighted by atomic mass is 10.2. The maximum Gasteiger partial charge on any atom is 0.332 e. The smallest absolute Gasteiger partial charge is 0.332 e. The molecule has 0 aliphatic carbocycles. The van der Waals surface area contributed by atoms with Crippen LogP contribution in [-0.4, -0.2) is 24.6 Å². The molecule has 0 atom stereocenters. The molecule has 1 aromatic heterocycles. The number of rotatable bonds is 4. The SMILES string of the molecule is CS(=O)(=O)c1cccc(Oc2nc3ccccc3cc2[N+](=O)[O-])c1. The molecule has 0 saturated heterocycles. The van der Waals surface area contributed by atoms with E-state index < -0.39 is 14.8 Å². The number of fused-ring (bicyclic) bond motifs is 1. The van der Waals surface area contributed by atoms with E-state index >= 15 is 0 Å². The second kappa shape index (κ2) is 5.89. The van der Waals surface area contributed by atoms with Crippen LogP contribution in [0.4, 0.5) is 5.69 Å². The van der Waals surface area contributed by atoms with Gasteiger partial charge >= 0.3 is 5.69 Å². The van der Waals surface area contributed by atoms with Gasteiger partial charge in [0.05, 0.1) is 15.3 Å². The van der Waals surface area contributed by atoms with Crippen LogP contribution in [0, 0.1) is 10.1 Å². The molecular weight excluding hydrogens is 332 g/mol. The third kappa shape index (κ3) is 3.18. The number of nitro groups is 1. The molecule has 0 unspecified atom stereocenters. The summed E-state index contributed by atoms with van der Waals surface area (Å²) in [6.07, 6.45) is 1.07. The lowest BCUT2D eigenvalue weighted by Crippen LogP contribution is -1.99. The van der Waals surface area contributed by atoms with E-state index in [0.29, 0.717) is 10.9 Å². The Bertz CT molecular complexity index is 1050. The quantitative estimate of drug-likeness (QED) is 0.531. The lowest BCUT2D eigenvalue weighted by molar-refractivity contribution is -0.385. The molecule has 1 heterocycles. The molecular formula is C16H12N2O5S. The van der Waals surface area contributed by atoms with E-state index in [1.54, 1.807) is 24.3 Å². The second-order valence-corrected chi connectivity index (χ2v) is 7.13. The minimum Gasteiger partial charge on any atom is -0.434 e. The highest BCUT2D eigenvalue weighted by Gasteiger charge is 2.20. The van der Waals surface area contributed by atoms with Gasteiger partial charge in [-0.3, -0.25) is 10.1 Å². The minimum atomic E-state index is -3.41. The summed E-state index contributed by atoms with van der Waals surface area (Å²) in [5.41, 5.74) is 0.246. The van der Waals surface area contributed by atoms with Gasteiger partial charge in [-0.2, -0.15) is 0 Å². The molecule has 24 heavy (non-hydrogen) atoms. The van der Waals surface area contributed by atoms with Gasteiger partial charge in [0, 0.05) is 17.7 Å². The number of aromatic nitrogens is 1. The van der Waals surface area contributed by atoms with Crippen molar-refractivity contribution in [2.45, 2.75) is 4.90 Å². The van der Waals surface area contributed by atoms with E-state index in [1.807, 2.05) is 0 Å². The fourth-order valence-electron chi connectivity index (χ4n) is 2.17. The van der Waals surface area contributed by atoms with Crippen molar-refractivity contribution in [3.8, 4) is 11.6 Å². The predicted octanol–water partition coefficient (Wildman–Crippen LogP) is 3.34. The molecule has 7 nitrogen and oxygen atoms in total. The van der Waals surface area contributed by atoms with Crippen molar-refractivity contribution >= 4 is 26.4 Å². The van der Waals surface area contributed by atoms with Crippen molar-refractivity contribution < 1.29 is 18.1 Å². The van der Waals surface area contributed by atoms with Crippen LogP contribution in [0.2, 0.25) is 0 Å². The highest BCUT2D eigenvalue weighted by Crippen LogP contribution is 2.33. The summed E-state index contributed by atoms with van der Waals surface area (Å²) in [7, 11) is -3.41. The molecule has 0 amide bonds. The summed E-state index contributed by atoms with van der Waals surface area (Å²) >= 11 is 0. The van der Waals surface area contributed by atoms with E-state index in [9.17, 15) is 18.5 Å². The van der Waals surface area contributed by atoms with Crippen LogP contribution in [-0.2, 0) is 9.84 Å². The first-order valence-corrected chi connectivity index (χ1v) is 8.76. The molecule has 3 rings (SSSR count). The molecule has 0 saturated carbocycles. The number of pyridine rings is 1. The summed E-state index contributed by atoms with van der Waals surface area (Å²) in [5.74, 6) is -0.0341. The zero-order valence-electron chi connectivity index (χ0n) is 12.5. The molecule has 122 valence electrons. The molecule has 0 fully saturated rings. The van der Waals surface area contributed by atoms with Gasteiger partial charge in [0.15, 0.2) is 9.84 Å². The van der Waals surface area contributed by atoms with Crippen molar-refractivity contribution in [3.63, 3.8) is 0 Å². The molecule has 0 aliphatic rings. The van der Waals surface area contributed by atoms with Gasteiger partial charge in [-0.1, -0.05) is 24.3 Å². The topological polar surface area (TPSA) is 99.4 Å². The van der Waals surface area contributed by atoms with Crippen LogP contribution in [0.1, 0.15) is 0 Å². The zero-order valence-corrected chi connectivity index (χ0v) is 13.4. The van der Waals surface area contributed by atoms with E-state index in [-0.39, 0.29) is 22.2 Å². The number of benzene rings is 2. The molecule has 0 radical (unpaired) electrons. The minimum absolute atomic E-state index is 0.0587. The van der Waals surface area contributed by atoms with Crippen LogP contribution in [0.15, 0.2) is 59.5 Å². The Morgan fingerprint density at radius 2 is 1.83 bits per heavy atom. The van der Waals surface area contributed by atoms with Gasteiger partial charge in [0.2, 0.25) is 0 Å². The van der Waals surface area contributed by atoms with Crippen LogP contribution in [0.5, 0.6) is 11.6 Å². The molecule has 2 aromatic carbocycles. The highest BCUT2D eigenvalue weighted by atomic mass is 32.2. The number of sulfone groups is 1. The van der Waals surface area contributed by atoms with E-state index in [2.05, 4.69) is 4.98 Å². The number of hydrogen-bond acceptors (Lipinski definition) is 6. The van der Waals surface area contributed by atoms with Crippen molar-refractivity contribution in [2.75, 3.05) is 6.26 Å². The van der Waals surface area contributed by atoms with Gasteiger partial charge in [0.1, 0.15) is 5.75 Å². The van der Waals surface area contributed by atoms with Crippen LogP contribution < -0.4 is 4.74 Å². The first-order chi connectivity index (χ1) is 11.3. The number of para-hydroxylation sites is 1.